The van der Waals surface area contributed by atoms with Gasteiger partial charge in [-0.05, 0) is 25.5 Å². The van der Waals surface area contributed by atoms with Crippen LogP contribution in [0.5, 0.6) is 0 Å². The van der Waals surface area contributed by atoms with Crippen LogP contribution in [-0.4, -0.2) is 19.9 Å². The maximum atomic E-state index is 12.0. The third-order valence-electron chi connectivity index (χ3n) is 2.51. The summed E-state index contributed by atoms with van der Waals surface area (Å²) in [7, 11) is -3.77. The van der Waals surface area contributed by atoms with Crippen LogP contribution >= 0.6 is 0 Å². The van der Waals surface area contributed by atoms with Crippen molar-refractivity contribution >= 4 is 15.9 Å². The molecule has 0 aliphatic rings. The molecule has 0 saturated carbocycles. The van der Waals surface area contributed by atoms with E-state index in [2.05, 4.69) is 4.72 Å². The molecule has 6 nitrogen and oxygen atoms in total. The van der Waals surface area contributed by atoms with Gasteiger partial charge in [0.05, 0.1) is 17.4 Å². The normalized spacial score (nSPS) is 11.8. The minimum atomic E-state index is -3.77. The zero-order chi connectivity index (χ0) is 14.7. The summed E-state index contributed by atoms with van der Waals surface area (Å²) < 4.78 is 26.1. The Morgan fingerprint density at radius 1 is 1.42 bits per heavy atom. The summed E-state index contributed by atoms with van der Waals surface area (Å²) in [6.45, 7) is 2.76. The van der Waals surface area contributed by atoms with E-state index in [1.807, 2.05) is 6.07 Å². The molecule has 0 aromatic heterocycles. The topological polar surface area (TPSA) is 113 Å². The number of nitrogens with zero attached hydrogens (tertiary/aromatic N) is 1. The molecule has 102 valence electrons. The summed E-state index contributed by atoms with van der Waals surface area (Å²) in [5, 5.41) is 8.90. The molecule has 0 spiro atoms. The van der Waals surface area contributed by atoms with Crippen molar-refractivity contribution in [1.82, 2.24) is 4.72 Å². The lowest BCUT2D eigenvalue weighted by Gasteiger charge is -2.22. The first-order valence-corrected chi connectivity index (χ1v) is 7.13. The van der Waals surface area contributed by atoms with Crippen LogP contribution in [-0.2, 0) is 20.6 Å². The summed E-state index contributed by atoms with van der Waals surface area (Å²) in [5.41, 5.74) is 4.39. The fraction of sp³-hybridized carbons (Fsp3) is 0.333. The Morgan fingerprint density at radius 2 is 2.00 bits per heavy atom. The third kappa shape index (κ3) is 4.05. The number of carbonyl (C=O) groups excluding carboxylic acids is 1. The predicted octanol–water partition coefficient (Wildman–Crippen LogP) is 0.242. The van der Waals surface area contributed by atoms with E-state index in [4.69, 9.17) is 11.0 Å². The molecule has 1 rings (SSSR count). The lowest BCUT2D eigenvalue weighted by atomic mass is 10.1. The summed E-state index contributed by atoms with van der Waals surface area (Å²) >= 11 is 0. The van der Waals surface area contributed by atoms with Gasteiger partial charge in [0.2, 0.25) is 15.9 Å². The molecule has 0 bridgehead atoms. The predicted molar refractivity (Wildman–Crippen MR) is 70.2 cm³/mol. The number of hydrogen-bond acceptors (Lipinski definition) is 4. The Labute approximate surface area is 112 Å². The Hall–Kier alpha value is -1.91. The van der Waals surface area contributed by atoms with Gasteiger partial charge in [-0.15, -0.1) is 0 Å². The second-order valence-corrected chi connectivity index (χ2v) is 6.34. The maximum absolute atomic E-state index is 12.0. The second kappa shape index (κ2) is 5.38. The molecule has 0 saturated heterocycles. The number of nitrogens with one attached hydrogen (secondary N) is 1. The number of nitriles is 1. The van der Waals surface area contributed by atoms with Crippen molar-refractivity contribution in [2.75, 3.05) is 0 Å². The SMILES string of the molecule is CC(C)(NS(=O)(=O)Cc1ccccc1C#N)C(N)=O. The molecule has 0 unspecified atom stereocenters. The fourth-order valence-electron chi connectivity index (χ4n) is 1.44. The van der Waals surface area contributed by atoms with Crippen LogP contribution < -0.4 is 10.5 Å². The molecule has 0 radical (unpaired) electrons. The number of carbonyl (C=O) groups is 1. The molecule has 0 atom stereocenters. The van der Waals surface area contributed by atoms with Crippen LogP contribution in [0.15, 0.2) is 24.3 Å². The Balaban J connectivity index is 2.99. The summed E-state index contributed by atoms with van der Waals surface area (Å²) in [6, 6.07) is 8.29. The van der Waals surface area contributed by atoms with Crippen LogP contribution in [0.3, 0.4) is 0 Å². The van der Waals surface area contributed by atoms with Gasteiger partial charge in [-0.3, -0.25) is 4.79 Å². The molecule has 0 heterocycles. The van der Waals surface area contributed by atoms with Crippen LogP contribution in [0.1, 0.15) is 25.0 Å². The number of benzene rings is 1. The smallest absolute Gasteiger partial charge is 0.238 e. The monoisotopic (exact) mass is 281 g/mol. The molecule has 1 aromatic rings. The van der Waals surface area contributed by atoms with Crippen molar-refractivity contribution in [2.45, 2.75) is 25.1 Å². The van der Waals surface area contributed by atoms with Gasteiger partial charge in [0.1, 0.15) is 5.54 Å². The van der Waals surface area contributed by atoms with Crippen LogP contribution in [0.2, 0.25) is 0 Å². The average molecular weight is 281 g/mol. The van der Waals surface area contributed by atoms with E-state index in [-0.39, 0.29) is 11.3 Å². The molecular weight excluding hydrogens is 266 g/mol. The van der Waals surface area contributed by atoms with E-state index in [1.54, 1.807) is 18.2 Å². The molecule has 19 heavy (non-hydrogen) atoms. The highest BCUT2D eigenvalue weighted by Gasteiger charge is 2.30. The Kier molecular flexibility index (Phi) is 4.29. The van der Waals surface area contributed by atoms with E-state index in [1.165, 1.54) is 19.9 Å². The number of amides is 1. The van der Waals surface area contributed by atoms with E-state index >= 15 is 0 Å². The first-order valence-electron chi connectivity index (χ1n) is 5.47. The summed E-state index contributed by atoms with van der Waals surface area (Å²) in [4.78, 5) is 11.1. The standard InChI is InChI=1S/C12H15N3O3S/c1-12(2,11(14)16)15-19(17,18)8-10-6-4-3-5-9(10)7-13/h3-6,15H,8H2,1-2H3,(H2,14,16). The van der Waals surface area contributed by atoms with Gasteiger partial charge in [0, 0.05) is 0 Å². The third-order valence-corrected chi connectivity index (χ3v) is 4.02. The molecule has 1 amide bonds. The molecule has 3 N–H and O–H groups in total. The molecule has 0 aliphatic heterocycles. The highest BCUT2D eigenvalue weighted by atomic mass is 32.2. The maximum Gasteiger partial charge on any atom is 0.238 e. The van der Waals surface area contributed by atoms with Gasteiger partial charge in [-0.25, -0.2) is 8.42 Å². The first kappa shape index (κ1) is 15.1. The average Bonchev–Trinajstić information content (AvgIpc) is 2.27. The summed E-state index contributed by atoms with van der Waals surface area (Å²) in [6.07, 6.45) is 0. The van der Waals surface area contributed by atoms with Crippen molar-refractivity contribution in [3.8, 4) is 6.07 Å². The van der Waals surface area contributed by atoms with Crippen molar-refractivity contribution < 1.29 is 13.2 Å². The molecular formula is C12H15N3O3S. The van der Waals surface area contributed by atoms with Gasteiger partial charge < -0.3 is 5.73 Å². The Morgan fingerprint density at radius 3 is 2.53 bits per heavy atom. The van der Waals surface area contributed by atoms with Gasteiger partial charge in [0.15, 0.2) is 0 Å². The van der Waals surface area contributed by atoms with E-state index in [0.29, 0.717) is 5.56 Å². The molecule has 1 aromatic carbocycles. The highest BCUT2D eigenvalue weighted by Crippen LogP contribution is 2.13. The van der Waals surface area contributed by atoms with Gasteiger partial charge >= 0.3 is 0 Å². The Bertz CT molecular complexity index is 630. The first-order chi connectivity index (χ1) is 8.68. The minimum Gasteiger partial charge on any atom is -0.368 e. The van der Waals surface area contributed by atoms with Crippen molar-refractivity contribution in [2.24, 2.45) is 5.73 Å². The van der Waals surface area contributed by atoms with Crippen molar-refractivity contribution in [3.63, 3.8) is 0 Å². The van der Waals surface area contributed by atoms with Crippen LogP contribution in [0.4, 0.5) is 0 Å². The van der Waals surface area contributed by atoms with Gasteiger partial charge in [0.25, 0.3) is 0 Å². The van der Waals surface area contributed by atoms with Crippen molar-refractivity contribution in [3.05, 3.63) is 35.4 Å². The number of hydrogen-bond donors (Lipinski definition) is 2. The minimum absolute atomic E-state index is 0.282. The van der Waals surface area contributed by atoms with E-state index in [9.17, 15) is 13.2 Å². The number of primary amides is 1. The number of sulfonamides is 1. The summed E-state index contributed by atoms with van der Waals surface area (Å²) in [5.74, 6) is -1.15. The molecule has 7 heteroatoms. The number of nitrogens with two attached hydrogens (primary N) is 1. The highest BCUT2D eigenvalue weighted by molar-refractivity contribution is 7.88. The van der Waals surface area contributed by atoms with E-state index < -0.39 is 21.5 Å². The van der Waals surface area contributed by atoms with Gasteiger partial charge in [-0.1, -0.05) is 18.2 Å². The lowest BCUT2D eigenvalue weighted by Crippen LogP contribution is -2.53. The second-order valence-electron chi connectivity index (χ2n) is 4.62. The molecule has 0 aliphatic carbocycles. The van der Waals surface area contributed by atoms with Crippen LogP contribution in [0, 0.1) is 11.3 Å². The quantitative estimate of drug-likeness (QED) is 0.804. The number of rotatable bonds is 5. The van der Waals surface area contributed by atoms with Crippen molar-refractivity contribution in [1.29, 1.82) is 5.26 Å². The van der Waals surface area contributed by atoms with E-state index in [0.717, 1.165) is 0 Å². The zero-order valence-corrected chi connectivity index (χ0v) is 11.5. The fourth-order valence-corrected chi connectivity index (χ4v) is 3.05. The largest absolute Gasteiger partial charge is 0.368 e. The lowest BCUT2D eigenvalue weighted by molar-refractivity contribution is -0.122. The molecule has 0 fully saturated rings. The zero-order valence-electron chi connectivity index (χ0n) is 10.7. The van der Waals surface area contributed by atoms with Crippen LogP contribution in [0.25, 0.3) is 0 Å². The van der Waals surface area contributed by atoms with Gasteiger partial charge in [-0.2, -0.15) is 9.98 Å².